The van der Waals surface area contributed by atoms with Crippen molar-refractivity contribution in [1.82, 2.24) is 0 Å². The normalized spacial score (nSPS) is 15.5. The van der Waals surface area contributed by atoms with Gasteiger partial charge in [-0.2, -0.15) is 0 Å². The first-order valence-electron chi connectivity index (χ1n) is 6.69. The molecule has 0 radical (unpaired) electrons. The first-order valence-corrected chi connectivity index (χ1v) is 8.28. The van der Waals surface area contributed by atoms with Gasteiger partial charge in [0.15, 0.2) is 5.70 Å². The average molecular weight is 437 g/mol. The lowest BCUT2D eigenvalue weighted by atomic mass is 10.2. The van der Waals surface area contributed by atoms with E-state index in [4.69, 9.17) is 9.47 Å². The Morgan fingerprint density at radius 1 is 1.13 bits per heavy atom. The summed E-state index contributed by atoms with van der Waals surface area (Å²) in [4.78, 5) is 16.3. The molecule has 1 heterocycles. The number of aliphatic imine (C=N–C) groups is 1. The van der Waals surface area contributed by atoms with E-state index in [2.05, 4.69) is 36.9 Å². The second-order valence-electron chi connectivity index (χ2n) is 4.72. The number of methoxy groups -OCH3 is 1. The van der Waals surface area contributed by atoms with E-state index in [0.29, 0.717) is 11.6 Å². The van der Waals surface area contributed by atoms with Crippen molar-refractivity contribution in [2.75, 3.05) is 7.11 Å². The van der Waals surface area contributed by atoms with Gasteiger partial charge in [0, 0.05) is 5.56 Å². The van der Waals surface area contributed by atoms with Gasteiger partial charge in [0.25, 0.3) is 0 Å². The fourth-order valence-corrected chi connectivity index (χ4v) is 3.67. The van der Waals surface area contributed by atoms with Gasteiger partial charge < -0.3 is 9.47 Å². The number of carbonyl (C=O) groups excluding carboxylic acids is 1. The van der Waals surface area contributed by atoms with Gasteiger partial charge in [-0.3, -0.25) is 0 Å². The first-order chi connectivity index (χ1) is 11.1. The SMILES string of the molecule is COc1c(Br)cc(/C=C2/N=C(c3ccccc3)OC2=O)cc1Br. The quantitative estimate of drug-likeness (QED) is 0.523. The monoisotopic (exact) mass is 435 g/mol. The molecule has 0 amide bonds. The van der Waals surface area contributed by atoms with E-state index in [-0.39, 0.29) is 5.70 Å². The average Bonchev–Trinajstić information content (AvgIpc) is 2.89. The van der Waals surface area contributed by atoms with Crippen LogP contribution in [0.25, 0.3) is 6.08 Å². The van der Waals surface area contributed by atoms with Crippen LogP contribution in [0.5, 0.6) is 5.75 Å². The smallest absolute Gasteiger partial charge is 0.363 e. The molecular formula is C17H11Br2NO3. The molecular weight excluding hydrogens is 426 g/mol. The number of halogens is 2. The van der Waals surface area contributed by atoms with Crippen LogP contribution in [0.1, 0.15) is 11.1 Å². The minimum absolute atomic E-state index is 0.257. The van der Waals surface area contributed by atoms with Crippen LogP contribution in [0.2, 0.25) is 0 Å². The van der Waals surface area contributed by atoms with Crippen LogP contribution in [-0.2, 0) is 9.53 Å². The summed E-state index contributed by atoms with van der Waals surface area (Å²) >= 11 is 6.87. The van der Waals surface area contributed by atoms with Crippen molar-refractivity contribution >= 4 is 49.8 Å². The van der Waals surface area contributed by atoms with Crippen molar-refractivity contribution in [2.24, 2.45) is 4.99 Å². The Balaban J connectivity index is 1.97. The van der Waals surface area contributed by atoms with Gasteiger partial charge in [0.05, 0.1) is 16.1 Å². The van der Waals surface area contributed by atoms with Crippen molar-refractivity contribution in [3.05, 3.63) is 68.2 Å². The van der Waals surface area contributed by atoms with Crippen LogP contribution in [0.3, 0.4) is 0 Å². The van der Waals surface area contributed by atoms with E-state index < -0.39 is 5.97 Å². The summed E-state index contributed by atoms with van der Waals surface area (Å²) in [6, 6.07) is 13.0. The molecule has 23 heavy (non-hydrogen) atoms. The maximum atomic E-state index is 12.0. The Kier molecular flexibility index (Phi) is 4.63. The molecule has 0 N–H and O–H groups in total. The molecule has 0 spiro atoms. The van der Waals surface area contributed by atoms with Crippen LogP contribution in [-0.4, -0.2) is 19.0 Å². The first kappa shape index (κ1) is 16.0. The highest BCUT2D eigenvalue weighted by molar-refractivity contribution is 9.11. The molecule has 0 saturated carbocycles. The lowest BCUT2D eigenvalue weighted by molar-refractivity contribution is -0.129. The number of hydrogen-bond donors (Lipinski definition) is 0. The van der Waals surface area contributed by atoms with Crippen LogP contribution in [0, 0.1) is 0 Å². The maximum absolute atomic E-state index is 12.0. The van der Waals surface area contributed by atoms with E-state index in [1.54, 1.807) is 13.2 Å². The minimum atomic E-state index is -0.466. The third-order valence-electron chi connectivity index (χ3n) is 3.17. The summed E-state index contributed by atoms with van der Waals surface area (Å²) in [5, 5.41) is 0. The standard InChI is InChI=1S/C17H11Br2NO3/c1-22-15-12(18)7-10(8-13(15)19)9-14-17(21)23-16(20-14)11-5-3-2-4-6-11/h2-9H,1H3/b14-9+. The highest BCUT2D eigenvalue weighted by Crippen LogP contribution is 2.35. The third kappa shape index (κ3) is 3.38. The Labute approximate surface area is 150 Å². The van der Waals surface area contributed by atoms with Crippen molar-refractivity contribution in [3.63, 3.8) is 0 Å². The Morgan fingerprint density at radius 3 is 2.39 bits per heavy atom. The van der Waals surface area contributed by atoms with Gasteiger partial charge >= 0.3 is 5.97 Å². The molecule has 1 aliphatic heterocycles. The minimum Gasteiger partial charge on any atom is -0.494 e. The lowest BCUT2D eigenvalue weighted by Crippen LogP contribution is -2.04. The summed E-state index contributed by atoms with van der Waals surface area (Å²) < 4.78 is 12.1. The molecule has 0 bridgehead atoms. The third-order valence-corrected chi connectivity index (χ3v) is 4.35. The molecule has 116 valence electrons. The van der Waals surface area contributed by atoms with Crippen molar-refractivity contribution in [2.45, 2.75) is 0 Å². The van der Waals surface area contributed by atoms with Crippen molar-refractivity contribution in [1.29, 1.82) is 0 Å². The molecule has 0 atom stereocenters. The number of benzene rings is 2. The van der Waals surface area contributed by atoms with E-state index in [1.165, 1.54) is 0 Å². The van der Waals surface area contributed by atoms with Crippen LogP contribution in [0.15, 0.2) is 62.1 Å². The number of hydrogen-bond acceptors (Lipinski definition) is 4. The zero-order valence-corrected chi connectivity index (χ0v) is 15.2. The van der Waals surface area contributed by atoms with Gasteiger partial charge in [0.2, 0.25) is 5.90 Å². The zero-order chi connectivity index (χ0) is 16.4. The molecule has 1 aliphatic rings. The molecule has 3 rings (SSSR count). The summed E-state index contributed by atoms with van der Waals surface area (Å²) in [5.41, 5.74) is 1.82. The highest BCUT2D eigenvalue weighted by atomic mass is 79.9. The Morgan fingerprint density at radius 2 is 1.78 bits per heavy atom. The van der Waals surface area contributed by atoms with E-state index in [1.807, 2.05) is 42.5 Å². The second-order valence-corrected chi connectivity index (χ2v) is 6.43. The summed E-state index contributed by atoms with van der Waals surface area (Å²) in [7, 11) is 1.59. The van der Waals surface area contributed by atoms with Gasteiger partial charge in [-0.25, -0.2) is 9.79 Å². The highest BCUT2D eigenvalue weighted by Gasteiger charge is 2.24. The van der Waals surface area contributed by atoms with Gasteiger partial charge in [-0.05, 0) is 67.8 Å². The van der Waals surface area contributed by atoms with E-state index in [0.717, 1.165) is 20.1 Å². The fourth-order valence-electron chi connectivity index (χ4n) is 2.13. The van der Waals surface area contributed by atoms with Gasteiger partial charge in [-0.1, -0.05) is 18.2 Å². The summed E-state index contributed by atoms with van der Waals surface area (Å²) in [6.45, 7) is 0. The number of esters is 1. The molecule has 4 nitrogen and oxygen atoms in total. The Hall–Kier alpha value is -1.92. The molecule has 0 aliphatic carbocycles. The van der Waals surface area contributed by atoms with Crippen LogP contribution < -0.4 is 4.74 Å². The Bertz CT molecular complexity index is 806. The lowest BCUT2D eigenvalue weighted by Gasteiger charge is -2.07. The molecule has 0 aromatic heterocycles. The topological polar surface area (TPSA) is 47.9 Å². The van der Waals surface area contributed by atoms with E-state index in [9.17, 15) is 4.79 Å². The second kappa shape index (κ2) is 6.68. The predicted molar refractivity (Wildman–Crippen MR) is 95.4 cm³/mol. The predicted octanol–water partition coefficient (Wildman–Crippen LogP) is 4.56. The molecule has 2 aromatic carbocycles. The molecule has 6 heteroatoms. The number of rotatable bonds is 3. The largest absolute Gasteiger partial charge is 0.494 e. The summed E-state index contributed by atoms with van der Waals surface area (Å²) in [6.07, 6.45) is 1.67. The number of ether oxygens (including phenoxy) is 2. The molecule has 0 saturated heterocycles. The number of nitrogens with zero attached hydrogens (tertiary/aromatic N) is 1. The zero-order valence-electron chi connectivity index (χ0n) is 12.0. The number of carbonyl (C=O) groups is 1. The summed E-state index contributed by atoms with van der Waals surface area (Å²) in [5.74, 6) is 0.537. The van der Waals surface area contributed by atoms with Crippen molar-refractivity contribution in [3.8, 4) is 5.75 Å². The van der Waals surface area contributed by atoms with E-state index >= 15 is 0 Å². The van der Waals surface area contributed by atoms with Gasteiger partial charge in [-0.15, -0.1) is 0 Å². The molecule has 2 aromatic rings. The van der Waals surface area contributed by atoms with Gasteiger partial charge in [0.1, 0.15) is 5.75 Å². The fraction of sp³-hybridized carbons (Fsp3) is 0.0588. The van der Waals surface area contributed by atoms with Crippen LogP contribution >= 0.6 is 31.9 Å². The maximum Gasteiger partial charge on any atom is 0.363 e. The number of cyclic esters (lactones) is 1. The van der Waals surface area contributed by atoms with Crippen molar-refractivity contribution < 1.29 is 14.3 Å². The van der Waals surface area contributed by atoms with Crippen LogP contribution in [0.4, 0.5) is 0 Å². The molecule has 0 fully saturated rings. The molecule has 0 unspecified atom stereocenters.